The van der Waals surface area contributed by atoms with Gasteiger partial charge in [-0.05, 0) is 12.8 Å². The van der Waals surface area contributed by atoms with Crippen molar-refractivity contribution in [2.24, 2.45) is 0 Å². The molecule has 1 unspecified atom stereocenters. The number of unbranched alkanes of at least 4 members (excludes halogenated alkanes) is 2. The molecule has 0 aromatic heterocycles. The van der Waals surface area contributed by atoms with E-state index in [1.165, 1.54) is 0 Å². The van der Waals surface area contributed by atoms with Crippen LogP contribution in [0, 0.1) is 0 Å². The Balaban J connectivity index is 3.22. The lowest BCUT2D eigenvalue weighted by Crippen LogP contribution is -2.31. The van der Waals surface area contributed by atoms with Crippen LogP contribution in [-0.2, 0) is 16.0 Å². The molecule has 0 radical (unpaired) electrons. The summed E-state index contributed by atoms with van der Waals surface area (Å²) in [6.07, 6.45) is 3.04. The van der Waals surface area contributed by atoms with Crippen LogP contribution >= 0.6 is 0 Å². The monoisotopic (exact) mass is 178 g/mol. The standard InChI is InChI=1S/C7H14O3S/c1-2-3-4-5-11(10)6-7(8)9/h10H,2-6H2,1H3. The Hall–Kier alpha value is -0.220. The van der Waals surface area contributed by atoms with E-state index in [0.717, 1.165) is 19.3 Å². The third-order valence-electron chi connectivity index (χ3n) is 1.27. The molecule has 0 aliphatic rings. The Kier molecular flexibility index (Phi) is 6.36. The van der Waals surface area contributed by atoms with E-state index in [1.807, 2.05) is 0 Å². The van der Waals surface area contributed by atoms with Crippen LogP contribution in [0.5, 0.6) is 0 Å². The van der Waals surface area contributed by atoms with Gasteiger partial charge in [-0.2, -0.15) is 4.55 Å². The van der Waals surface area contributed by atoms with Gasteiger partial charge in [-0.3, -0.25) is 0 Å². The van der Waals surface area contributed by atoms with Crippen molar-refractivity contribution in [1.29, 1.82) is 0 Å². The van der Waals surface area contributed by atoms with Gasteiger partial charge in [0.2, 0.25) is 0 Å². The first-order chi connectivity index (χ1) is 5.16. The molecule has 11 heavy (non-hydrogen) atoms. The molecule has 1 atom stereocenters. The van der Waals surface area contributed by atoms with E-state index in [-0.39, 0.29) is 5.75 Å². The van der Waals surface area contributed by atoms with Crippen molar-refractivity contribution in [2.75, 3.05) is 11.5 Å². The second kappa shape index (κ2) is 6.49. The van der Waals surface area contributed by atoms with Gasteiger partial charge in [0.05, 0.1) is 5.97 Å². The number of hydrogen-bond acceptors (Lipinski definition) is 3. The zero-order chi connectivity index (χ0) is 8.69. The van der Waals surface area contributed by atoms with Gasteiger partial charge in [-0.15, -0.1) is 0 Å². The molecule has 66 valence electrons. The molecular formula is C7H14O3S. The molecule has 4 heteroatoms. The van der Waals surface area contributed by atoms with Gasteiger partial charge in [0, 0.05) is 0 Å². The zero-order valence-electron chi connectivity index (χ0n) is 6.71. The molecule has 0 aliphatic carbocycles. The quantitative estimate of drug-likeness (QED) is 0.460. The highest BCUT2D eigenvalue weighted by molar-refractivity contribution is 7.92. The number of carboxylic acids is 1. The topological polar surface area (TPSA) is 60.4 Å². The van der Waals surface area contributed by atoms with E-state index in [9.17, 15) is 9.90 Å². The number of carbonyl (C=O) groups excluding carboxylic acids is 1. The molecule has 0 bridgehead atoms. The van der Waals surface area contributed by atoms with Crippen molar-refractivity contribution in [3.8, 4) is 0 Å². The van der Waals surface area contributed by atoms with Crippen LogP contribution in [0.1, 0.15) is 26.2 Å². The number of rotatable bonds is 6. The first kappa shape index (κ1) is 10.8. The molecule has 0 saturated carbocycles. The fourth-order valence-electron chi connectivity index (χ4n) is 0.727. The molecule has 0 amide bonds. The van der Waals surface area contributed by atoms with E-state index in [0.29, 0.717) is 5.75 Å². The molecule has 0 aliphatic heterocycles. The van der Waals surface area contributed by atoms with Crippen LogP contribution in [-0.4, -0.2) is 22.0 Å². The lowest BCUT2D eigenvalue weighted by Gasteiger charge is -1.99. The van der Waals surface area contributed by atoms with Gasteiger partial charge >= 0.3 is 0 Å². The zero-order valence-corrected chi connectivity index (χ0v) is 7.52. The Morgan fingerprint density at radius 2 is 2.18 bits per heavy atom. The molecule has 0 rings (SSSR count). The Labute approximate surface area is 70.0 Å². The molecule has 0 spiro atoms. The summed E-state index contributed by atoms with van der Waals surface area (Å²) in [5.74, 6) is -0.765. The second-order valence-corrected chi connectivity index (χ2v) is 4.01. The Morgan fingerprint density at radius 3 is 2.64 bits per heavy atom. The van der Waals surface area contributed by atoms with Gasteiger partial charge in [0.15, 0.2) is 5.75 Å². The van der Waals surface area contributed by atoms with E-state index in [4.69, 9.17) is 4.55 Å². The lowest BCUT2D eigenvalue weighted by molar-refractivity contribution is -0.301. The summed E-state index contributed by atoms with van der Waals surface area (Å²) in [6, 6.07) is 0. The smallest absolute Gasteiger partial charge is 0.180 e. The fourth-order valence-corrected chi connectivity index (χ4v) is 1.68. The number of aliphatic carboxylic acids is 1. The minimum Gasteiger partial charge on any atom is -0.545 e. The van der Waals surface area contributed by atoms with Crippen molar-refractivity contribution in [2.45, 2.75) is 26.2 Å². The summed E-state index contributed by atoms with van der Waals surface area (Å²) in [6.45, 7) is 2.06. The molecule has 3 nitrogen and oxygen atoms in total. The van der Waals surface area contributed by atoms with Crippen LogP contribution in [0.2, 0.25) is 0 Å². The molecule has 0 aromatic rings. The maximum Gasteiger partial charge on any atom is 0.180 e. The van der Waals surface area contributed by atoms with Crippen LogP contribution < -0.4 is 5.11 Å². The highest BCUT2D eigenvalue weighted by Crippen LogP contribution is 1.99. The summed E-state index contributed by atoms with van der Waals surface area (Å²) in [4.78, 5) is 9.98. The van der Waals surface area contributed by atoms with Gasteiger partial charge in [0.1, 0.15) is 16.9 Å². The van der Waals surface area contributed by atoms with E-state index in [1.54, 1.807) is 0 Å². The van der Waals surface area contributed by atoms with E-state index < -0.39 is 17.1 Å². The highest BCUT2D eigenvalue weighted by atomic mass is 32.2. The van der Waals surface area contributed by atoms with E-state index >= 15 is 0 Å². The van der Waals surface area contributed by atoms with Gasteiger partial charge < -0.3 is 9.90 Å². The molecule has 0 heterocycles. The van der Waals surface area contributed by atoms with E-state index in [2.05, 4.69) is 6.92 Å². The fraction of sp³-hybridized carbons (Fsp3) is 0.857. The first-order valence-electron chi connectivity index (χ1n) is 3.73. The number of carboxylic acid groups (broad SMARTS) is 1. The number of hydrogen-bond donors (Lipinski definition) is 1. The minimum atomic E-state index is -1.16. The SMILES string of the molecule is CCCCC[S+](O)CC(=O)[O-]. The van der Waals surface area contributed by atoms with Crippen LogP contribution in [0.25, 0.3) is 0 Å². The van der Waals surface area contributed by atoms with Crippen molar-refractivity contribution in [3.05, 3.63) is 0 Å². The van der Waals surface area contributed by atoms with Crippen molar-refractivity contribution >= 4 is 17.1 Å². The maximum absolute atomic E-state index is 9.98. The Morgan fingerprint density at radius 1 is 1.55 bits per heavy atom. The third kappa shape index (κ3) is 7.68. The van der Waals surface area contributed by atoms with Crippen LogP contribution in [0.3, 0.4) is 0 Å². The van der Waals surface area contributed by atoms with Crippen molar-refractivity contribution in [3.63, 3.8) is 0 Å². The van der Waals surface area contributed by atoms with Gasteiger partial charge in [-0.25, -0.2) is 0 Å². The second-order valence-electron chi connectivity index (χ2n) is 2.39. The van der Waals surface area contributed by atoms with Crippen molar-refractivity contribution < 1.29 is 14.5 Å². The molecular weight excluding hydrogens is 164 g/mol. The average Bonchev–Trinajstić information content (AvgIpc) is 1.86. The molecule has 1 N–H and O–H groups in total. The molecule has 0 fully saturated rings. The first-order valence-corrected chi connectivity index (χ1v) is 5.25. The van der Waals surface area contributed by atoms with Crippen LogP contribution in [0.15, 0.2) is 0 Å². The minimum absolute atomic E-state index is 0.205. The van der Waals surface area contributed by atoms with Gasteiger partial charge in [0.25, 0.3) is 0 Å². The summed E-state index contributed by atoms with van der Waals surface area (Å²) < 4.78 is 9.05. The molecule has 0 saturated heterocycles. The summed E-state index contributed by atoms with van der Waals surface area (Å²) in [7, 11) is 0. The van der Waals surface area contributed by atoms with Gasteiger partial charge in [-0.1, -0.05) is 13.3 Å². The Bertz CT molecular complexity index is 116. The van der Waals surface area contributed by atoms with Crippen LogP contribution in [0.4, 0.5) is 0 Å². The predicted molar refractivity (Wildman–Crippen MR) is 44.3 cm³/mol. The normalized spacial score (nSPS) is 12.9. The van der Waals surface area contributed by atoms with Crippen molar-refractivity contribution in [1.82, 2.24) is 0 Å². The highest BCUT2D eigenvalue weighted by Gasteiger charge is 2.13. The summed E-state index contributed by atoms with van der Waals surface area (Å²) in [5.41, 5.74) is 0. The predicted octanol–water partition coefficient (Wildman–Crippen LogP) is 0.0178. The lowest BCUT2D eigenvalue weighted by atomic mass is 10.3. The summed E-state index contributed by atoms with van der Waals surface area (Å²) >= 11 is -0.964. The maximum atomic E-state index is 9.98. The molecule has 0 aromatic carbocycles. The number of carbonyl (C=O) groups is 1. The average molecular weight is 178 g/mol. The summed E-state index contributed by atoms with van der Waals surface area (Å²) in [5, 5.41) is 9.98. The third-order valence-corrected chi connectivity index (χ3v) is 2.60. The largest absolute Gasteiger partial charge is 0.545 e.